The molecule has 0 bridgehead atoms. The smallest absolute Gasteiger partial charge is 0.0695 e. The first kappa shape index (κ1) is 10.8. The lowest BCUT2D eigenvalue weighted by Gasteiger charge is -2.33. The van der Waals surface area contributed by atoms with Gasteiger partial charge in [-0.2, -0.15) is 0 Å². The summed E-state index contributed by atoms with van der Waals surface area (Å²) in [5, 5.41) is 0. The molecule has 1 heteroatoms. The second-order valence-electron chi connectivity index (χ2n) is 4.45. The average molecular weight is 182 g/mol. The Kier molecular flexibility index (Phi) is 3.98. The lowest BCUT2D eigenvalue weighted by Crippen LogP contribution is -2.32. The Balaban J connectivity index is 2.34. The van der Waals surface area contributed by atoms with Crippen LogP contribution in [0.1, 0.15) is 52.9 Å². The number of ether oxygens (including phenoxy) is 1. The molecule has 0 saturated carbocycles. The molecule has 1 nitrogen and oxygen atoms in total. The highest BCUT2D eigenvalue weighted by Crippen LogP contribution is 2.29. The van der Waals surface area contributed by atoms with Gasteiger partial charge < -0.3 is 4.74 Å². The Morgan fingerprint density at radius 2 is 2.23 bits per heavy atom. The van der Waals surface area contributed by atoms with E-state index in [1.54, 1.807) is 0 Å². The molecule has 0 fully saturated rings. The average Bonchev–Trinajstić information content (AvgIpc) is 2.04. The van der Waals surface area contributed by atoms with Crippen LogP contribution in [0.25, 0.3) is 0 Å². The quantitative estimate of drug-likeness (QED) is 0.476. The molecule has 0 aromatic rings. The maximum absolute atomic E-state index is 5.81. The van der Waals surface area contributed by atoms with Crippen molar-refractivity contribution in [1.29, 1.82) is 0 Å². The summed E-state index contributed by atoms with van der Waals surface area (Å²) < 4.78 is 5.81. The molecule has 0 radical (unpaired) electrons. The summed E-state index contributed by atoms with van der Waals surface area (Å²) in [6, 6.07) is 0. The number of unbranched alkanes of at least 4 members (excludes halogenated alkanes) is 2. The zero-order chi connectivity index (χ0) is 9.73. The second-order valence-corrected chi connectivity index (χ2v) is 4.45. The van der Waals surface area contributed by atoms with Gasteiger partial charge in [0, 0.05) is 0 Å². The van der Waals surface area contributed by atoms with Gasteiger partial charge >= 0.3 is 0 Å². The predicted octanol–water partition coefficient (Wildman–Crippen LogP) is 3.69. The van der Waals surface area contributed by atoms with Gasteiger partial charge in [-0.3, -0.25) is 0 Å². The summed E-state index contributed by atoms with van der Waals surface area (Å²) in [4.78, 5) is 0. The van der Waals surface area contributed by atoms with E-state index in [2.05, 4.69) is 26.8 Å². The standard InChI is InChI=1S/C12H22O/c1-4-5-6-8-12(3)10-11(2)7-9-13-12/h7H,4-6,8-10H2,1-3H3. The minimum atomic E-state index is 0.133. The van der Waals surface area contributed by atoms with Crippen molar-refractivity contribution < 1.29 is 4.74 Å². The maximum Gasteiger partial charge on any atom is 0.0695 e. The molecule has 1 aliphatic heterocycles. The van der Waals surface area contributed by atoms with Gasteiger partial charge in [-0.15, -0.1) is 0 Å². The highest BCUT2D eigenvalue weighted by molar-refractivity contribution is 5.06. The van der Waals surface area contributed by atoms with Crippen LogP contribution in [0.15, 0.2) is 11.6 Å². The molecule has 1 aliphatic rings. The van der Waals surface area contributed by atoms with E-state index in [1.165, 1.54) is 31.3 Å². The molecule has 0 spiro atoms. The van der Waals surface area contributed by atoms with Gasteiger partial charge in [0.1, 0.15) is 0 Å². The van der Waals surface area contributed by atoms with Crippen LogP contribution in [0.2, 0.25) is 0 Å². The summed E-state index contributed by atoms with van der Waals surface area (Å²) >= 11 is 0. The fourth-order valence-electron chi connectivity index (χ4n) is 2.01. The monoisotopic (exact) mass is 182 g/mol. The van der Waals surface area contributed by atoms with Crippen LogP contribution >= 0.6 is 0 Å². The summed E-state index contributed by atoms with van der Waals surface area (Å²) in [6.07, 6.45) is 8.47. The van der Waals surface area contributed by atoms with Gasteiger partial charge in [-0.05, 0) is 26.7 Å². The van der Waals surface area contributed by atoms with E-state index >= 15 is 0 Å². The van der Waals surface area contributed by atoms with Gasteiger partial charge in [-0.1, -0.05) is 37.8 Å². The molecule has 0 aliphatic carbocycles. The first-order chi connectivity index (χ1) is 6.16. The van der Waals surface area contributed by atoms with E-state index in [4.69, 9.17) is 4.74 Å². The van der Waals surface area contributed by atoms with Crippen LogP contribution in [-0.2, 0) is 4.74 Å². The maximum atomic E-state index is 5.81. The van der Waals surface area contributed by atoms with Crippen LogP contribution in [0.3, 0.4) is 0 Å². The first-order valence-electron chi connectivity index (χ1n) is 5.46. The summed E-state index contributed by atoms with van der Waals surface area (Å²) in [6.45, 7) is 7.52. The Bertz CT molecular complexity index is 184. The van der Waals surface area contributed by atoms with Crippen LogP contribution in [-0.4, -0.2) is 12.2 Å². The van der Waals surface area contributed by atoms with E-state index in [0.29, 0.717) is 0 Å². The van der Waals surface area contributed by atoms with Gasteiger partial charge in [0.2, 0.25) is 0 Å². The zero-order valence-electron chi connectivity index (χ0n) is 9.23. The molecule has 0 aromatic heterocycles. The largest absolute Gasteiger partial charge is 0.371 e. The molecule has 0 amide bonds. The van der Waals surface area contributed by atoms with Crippen molar-refractivity contribution in [1.82, 2.24) is 0 Å². The highest BCUT2D eigenvalue weighted by Gasteiger charge is 2.26. The van der Waals surface area contributed by atoms with Crippen LogP contribution in [0.4, 0.5) is 0 Å². The Morgan fingerprint density at radius 3 is 2.85 bits per heavy atom. The Morgan fingerprint density at radius 1 is 1.46 bits per heavy atom. The lowest BCUT2D eigenvalue weighted by atomic mass is 9.89. The number of rotatable bonds is 4. The van der Waals surface area contributed by atoms with E-state index < -0.39 is 0 Å². The molecule has 1 rings (SSSR count). The minimum Gasteiger partial charge on any atom is -0.371 e. The SMILES string of the molecule is CCCCCC1(C)CC(C)=CCO1. The Labute approximate surface area is 82.2 Å². The summed E-state index contributed by atoms with van der Waals surface area (Å²) in [5.41, 5.74) is 1.62. The molecule has 13 heavy (non-hydrogen) atoms. The molecule has 1 atom stereocenters. The van der Waals surface area contributed by atoms with Gasteiger partial charge in [-0.25, -0.2) is 0 Å². The summed E-state index contributed by atoms with van der Waals surface area (Å²) in [7, 11) is 0. The van der Waals surface area contributed by atoms with Gasteiger partial charge in [0.15, 0.2) is 0 Å². The first-order valence-corrected chi connectivity index (χ1v) is 5.46. The third-order valence-electron chi connectivity index (χ3n) is 2.83. The number of hydrogen-bond donors (Lipinski definition) is 0. The van der Waals surface area contributed by atoms with E-state index in [-0.39, 0.29) is 5.60 Å². The molecule has 1 heterocycles. The minimum absolute atomic E-state index is 0.133. The second kappa shape index (κ2) is 4.80. The zero-order valence-corrected chi connectivity index (χ0v) is 9.23. The fourth-order valence-corrected chi connectivity index (χ4v) is 2.01. The third kappa shape index (κ3) is 3.51. The fraction of sp³-hybridized carbons (Fsp3) is 0.833. The molecule has 1 unspecified atom stereocenters. The van der Waals surface area contributed by atoms with Crippen LogP contribution in [0.5, 0.6) is 0 Å². The highest BCUT2D eigenvalue weighted by atomic mass is 16.5. The van der Waals surface area contributed by atoms with E-state index in [9.17, 15) is 0 Å². The third-order valence-corrected chi connectivity index (χ3v) is 2.83. The number of hydrogen-bond acceptors (Lipinski definition) is 1. The van der Waals surface area contributed by atoms with Crippen molar-refractivity contribution in [3.63, 3.8) is 0 Å². The van der Waals surface area contributed by atoms with E-state index in [0.717, 1.165) is 13.0 Å². The topological polar surface area (TPSA) is 9.23 Å². The Hall–Kier alpha value is -0.300. The normalized spacial score (nSPS) is 28.7. The van der Waals surface area contributed by atoms with Gasteiger partial charge in [0.05, 0.1) is 12.2 Å². The van der Waals surface area contributed by atoms with Crippen molar-refractivity contribution >= 4 is 0 Å². The van der Waals surface area contributed by atoms with E-state index in [1.807, 2.05) is 0 Å². The van der Waals surface area contributed by atoms with Crippen molar-refractivity contribution in [3.05, 3.63) is 11.6 Å². The molecular weight excluding hydrogens is 160 g/mol. The molecule has 0 aromatic carbocycles. The molecule has 76 valence electrons. The van der Waals surface area contributed by atoms with Crippen molar-refractivity contribution in [2.75, 3.05) is 6.61 Å². The summed E-state index contributed by atoms with van der Waals surface area (Å²) in [5.74, 6) is 0. The predicted molar refractivity (Wildman–Crippen MR) is 56.9 cm³/mol. The van der Waals surface area contributed by atoms with Crippen molar-refractivity contribution in [3.8, 4) is 0 Å². The van der Waals surface area contributed by atoms with Crippen LogP contribution in [0, 0.1) is 0 Å². The van der Waals surface area contributed by atoms with Gasteiger partial charge in [0.25, 0.3) is 0 Å². The molecule has 0 saturated heterocycles. The lowest BCUT2D eigenvalue weighted by molar-refractivity contribution is -0.0324. The molecule has 0 N–H and O–H groups in total. The van der Waals surface area contributed by atoms with Crippen LogP contribution < -0.4 is 0 Å². The van der Waals surface area contributed by atoms with Crippen molar-refractivity contribution in [2.24, 2.45) is 0 Å². The van der Waals surface area contributed by atoms with Crippen molar-refractivity contribution in [2.45, 2.75) is 58.5 Å². The molecular formula is C12H22O.